The third-order valence-corrected chi connectivity index (χ3v) is 3.84. The van der Waals surface area contributed by atoms with Crippen LogP contribution in [0.5, 0.6) is 5.75 Å². The Labute approximate surface area is 137 Å². The van der Waals surface area contributed by atoms with Crippen LogP contribution in [0.15, 0.2) is 42.5 Å². The summed E-state index contributed by atoms with van der Waals surface area (Å²) < 4.78 is 6.45. The van der Waals surface area contributed by atoms with Crippen LogP contribution in [0.1, 0.15) is 29.8 Å². The molecule has 0 radical (unpaired) electrons. The molecule has 0 saturated carbocycles. The number of ether oxygens (including phenoxy) is 1. The molecule has 0 fully saturated rings. The van der Waals surface area contributed by atoms with E-state index in [1.165, 1.54) is 0 Å². The van der Waals surface area contributed by atoms with Gasteiger partial charge in [0.25, 0.3) is 0 Å². The van der Waals surface area contributed by atoms with Crippen molar-refractivity contribution in [3.63, 3.8) is 0 Å². The van der Waals surface area contributed by atoms with E-state index >= 15 is 0 Å². The minimum atomic E-state index is -0.0343. The molecule has 0 aliphatic carbocycles. The molecule has 0 spiro atoms. The SMILES string of the molecule is CC(C)Oc1ccc(C(=O)c2cc(Cl)ccc2I)cc1. The second-order valence-electron chi connectivity index (χ2n) is 4.64. The zero-order valence-corrected chi connectivity index (χ0v) is 14.1. The maximum atomic E-state index is 12.4. The highest BCUT2D eigenvalue weighted by molar-refractivity contribution is 14.1. The molecule has 2 aromatic rings. The molecule has 0 saturated heterocycles. The van der Waals surface area contributed by atoms with Crippen LogP contribution in [0.4, 0.5) is 0 Å². The van der Waals surface area contributed by atoms with Gasteiger partial charge in [0.05, 0.1) is 6.10 Å². The summed E-state index contributed by atoms with van der Waals surface area (Å²) in [6, 6.07) is 12.5. The van der Waals surface area contributed by atoms with Crippen LogP contribution < -0.4 is 4.74 Å². The second-order valence-corrected chi connectivity index (χ2v) is 6.24. The first-order valence-corrected chi connectivity index (χ1v) is 7.69. The Morgan fingerprint density at radius 2 is 1.80 bits per heavy atom. The van der Waals surface area contributed by atoms with E-state index in [9.17, 15) is 4.79 Å². The van der Waals surface area contributed by atoms with E-state index in [2.05, 4.69) is 22.6 Å². The quantitative estimate of drug-likeness (QED) is 0.535. The Bertz CT molecular complexity index is 621. The predicted octanol–water partition coefficient (Wildman–Crippen LogP) is 4.96. The van der Waals surface area contributed by atoms with E-state index in [-0.39, 0.29) is 11.9 Å². The van der Waals surface area contributed by atoms with Crippen molar-refractivity contribution in [3.8, 4) is 5.75 Å². The van der Waals surface area contributed by atoms with Crippen molar-refractivity contribution < 1.29 is 9.53 Å². The molecule has 0 unspecified atom stereocenters. The first-order valence-electron chi connectivity index (χ1n) is 6.24. The van der Waals surface area contributed by atoms with Crippen LogP contribution in [-0.2, 0) is 0 Å². The largest absolute Gasteiger partial charge is 0.491 e. The fourth-order valence-electron chi connectivity index (χ4n) is 1.78. The van der Waals surface area contributed by atoms with Crippen LogP contribution in [0, 0.1) is 3.57 Å². The number of rotatable bonds is 4. The van der Waals surface area contributed by atoms with Gasteiger partial charge in [-0.05, 0) is 78.9 Å². The summed E-state index contributed by atoms with van der Waals surface area (Å²) in [5.74, 6) is 0.727. The van der Waals surface area contributed by atoms with Gasteiger partial charge in [-0.2, -0.15) is 0 Å². The van der Waals surface area contributed by atoms with Gasteiger partial charge in [0.2, 0.25) is 0 Å². The van der Waals surface area contributed by atoms with E-state index in [1.807, 2.05) is 32.0 Å². The summed E-state index contributed by atoms with van der Waals surface area (Å²) in [4.78, 5) is 12.4. The molecule has 2 rings (SSSR count). The number of carbonyl (C=O) groups is 1. The topological polar surface area (TPSA) is 26.3 Å². The predicted molar refractivity (Wildman–Crippen MR) is 89.8 cm³/mol. The van der Waals surface area contributed by atoms with Crippen LogP contribution in [-0.4, -0.2) is 11.9 Å². The maximum absolute atomic E-state index is 12.4. The normalized spacial score (nSPS) is 10.7. The third-order valence-electron chi connectivity index (χ3n) is 2.66. The van der Waals surface area contributed by atoms with Crippen molar-refractivity contribution >= 4 is 40.0 Å². The smallest absolute Gasteiger partial charge is 0.194 e. The summed E-state index contributed by atoms with van der Waals surface area (Å²) in [7, 11) is 0. The van der Waals surface area contributed by atoms with Gasteiger partial charge in [0.1, 0.15) is 5.75 Å². The lowest BCUT2D eigenvalue weighted by atomic mass is 10.0. The molecule has 0 aliphatic heterocycles. The molecule has 0 heterocycles. The lowest BCUT2D eigenvalue weighted by molar-refractivity contribution is 0.103. The molecule has 20 heavy (non-hydrogen) atoms. The van der Waals surface area contributed by atoms with Gasteiger partial charge in [-0.3, -0.25) is 4.79 Å². The van der Waals surface area contributed by atoms with Gasteiger partial charge in [-0.15, -0.1) is 0 Å². The summed E-state index contributed by atoms with van der Waals surface area (Å²) >= 11 is 8.09. The summed E-state index contributed by atoms with van der Waals surface area (Å²) in [6.45, 7) is 3.93. The van der Waals surface area contributed by atoms with Gasteiger partial charge in [-0.25, -0.2) is 0 Å². The Morgan fingerprint density at radius 1 is 1.15 bits per heavy atom. The lowest BCUT2D eigenvalue weighted by Crippen LogP contribution is -2.07. The third kappa shape index (κ3) is 3.73. The molecule has 0 aromatic heterocycles. The van der Waals surface area contributed by atoms with E-state index in [0.717, 1.165) is 9.32 Å². The Kier molecular flexibility index (Phi) is 5.05. The van der Waals surface area contributed by atoms with Crippen LogP contribution in [0.3, 0.4) is 0 Å². The van der Waals surface area contributed by atoms with Crippen molar-refractivity contribution in [2.24, 2.45) is 0 Å². The molecule has 0 atom stereocenters. The highest BCUT2D eigenvalue weighted by atomic mass is 127. The molecule has 0 amide bonds. The number of carbonyl (C=O) groups excluding carboxylic acids is 1. The molecule has 4 heteroatoms. The van der Waals surface area contributed by atoms with Crippen LogP contribution in [0.25, 0.3) is 0 Å². The molecular formula is C16H14ClIO2. The fraction of sp³-hybridized carbons (Fsp3) is 0.188. The van der Waals surface area contributed by atoms with Gasteiger partial charge in [0, 0.05) is 19.7 Å². The molecule has 104 valence electrons. The minimum absolute atomic E-state index is 0.0343. The number of hydrogen-bond donors (Lipinski definition) is 0. The fourth-order valence-corrected chi connectivity index (χ4v) is 2.54. The number of hydrogen-bond acceptors (Lipinski definition) is 2. The van der Waals surface area contributed by atoms with E-state index in [4.69, 9.17) is 16.3 Å². The van der Waals surface area contributed by atoms with Crippen molar-refractivity contribution in [1.82, 2.24) is 0 Å². The first-order chi connectivity index (χ1) is 9.47. The zero-order valence-electron chi connectivity index (χ0n) is 11.2. The van der Waals surface area contributed by atoms with Crippen molar-refractivity contribution in [2.45, 2.75) is 20.0 Å². The summed E-state index contributed by atoms with van der Waals surface area (Å²) in [6.07, 6.45) is 0.116. The standard InChI is InChI=1S/C16H14ClIO2/c1-10(2)20-13-6-3-11(4-7-13)16(19)14-9-12(17)5-8-15(14)18/h3-10H,1-2H3. The lowest BCUT2D eigenvalue weighted by Gasteiger charge is -2.10. The Balaban J connectivity index is 2.27. The minimum Gasteiger partial charge on any atom is -0.491 e. The van der Waals surface area contributed by atoms with E-state index < -0.39 is 0 Å². The highest BCUT2D eigenvalue weighted by Gasteiger charge is 2.13. The zero-order chi connectivity index (χ0) is 14.7. The van der Waals surface area contributed by atoms with Gasteiger partial charge >= 0.3 is 0 Å². The van der Waals surface area contributed by atoms with Crippen molar-refractivity contribution in [1.29, 1.82) is 0 Å². The average molecular weight is 401 g/mol. The highest BCUT2D eigenvalue weighted by Crippen LogP contribution is 2.22. The average Bonchev–Trinajstić information content (AvgIpc) is 2.41. The van der Waals surface area contributed by atoms with Gasteiger partial charge < -0.3 is 4.74 Å². The molecule has 0 bridgehead atoms. The van der Waals surface area contributed by atoms with Crippen LogP contribution in [0.2, 0.25) is 5.02 Å². The molecular weight excluding hydrogens is 387 g/mol. The number of halogens is 2. The maximum Gasteiger partial charge on any atom is 0.194 e. The Morgan fingerprint density at radius 3 is 2.40 bits per heavy atom. The van der Waals surface area contributed by atoms with E-state index in [1.54, 1.807) is 24.3 Å². The molecule has 0 N–H and O–H groups in total. The Hall–Kier alpha value is -1.07. The summed E-state index contributed by atoms with van der Waals surface area (Å²) in [5.41, 5.74) is 1.25. The second kappa shape index (κ2) is 6.59. The number of benzene rings is 2. The van der Waals surface area contributed by atoms with Crippen molar-refractivity contribution in [3.05, 3.63) is 62.2 Å². The van der Waals surface area contributed by atoms with Crippen LogP contribution >= 0.6 is 34.2 Å². The molecule has 2 aromatic carbocycles. The number of ketones is 1. The monoisotopic (exact) mass is 400 g/mol. The van der Waals surface area contributed by atoms with Gasteiger partial charge in [0.15, 0.2) is 5.78 Å². The summed E-state index contributed by atoms with van der Waals surface area (Å²) in [5, 5.41) is 0.563. The van der Waals surface area contributed by atoms with E-state index in [0.29, 0.717) is 16.1 Å². The molecule has 2 nitrogen and oxygen atoms in total. The molecule has 0 aliphatic rings. The van der Waals surface area contributed by atoms with Crippen molar-refractivity contribution in [2.75, 3.05) is 0 Å². The van der Waals surface area contributed by atoms with Gasteiger partial charge in [-0.1, -0.05) is 11.6 Å². The first kappa shape index (κ1) is 15.3.